The standard InChI is InChI=1S/C20H30N4OS.HI/c1-15(2)13-25-19-8-6-17(7-9-19)10-11-22-20(21-4)24(5)12-18-14-26-16(3)23-18;/h6-9,14-15H,10-13H2,1-5H3,(H,21,22);1H. The second-order valence-corrected chi connectivity index (χ2v) is 7.85. The minimum atomic E-state index is 0. The lowest BCUT2D eigenvalue weighted by atomic mass is 10.1. The summed E-state index contributed by atoms with van der Waals surface area (Å²) in [6.07, 6.45) is 0.938. The summed E-state index contributed by atoms with van der Waals surface area (Å²) < 4.78 is 5.73. The average Bonchev–Trinajstić information content (AvgIpc) is 3.02. The first kappa shape index (κ1) is 23.7. The lowest BCUT2D eigenvalue weighted by molar-refractivity contribution is 0.271. The van der Waals surface area contributed by atoms with Crippen LogP contribution in [0, 0.1) is 12.8 Å². The fourth-order valence-corrected chi connectivity index (χ4v) is 3.12. The Morgan fingerprint density at radius 3 is 2.56 bits per heavy atom. The first-order valence-corrected chi connectivity index (χ1v) is 9.90. The van der Waals surface area contributed by atoms with Gasteiger partial charge >= 0.3 is 0 Å². The smallest absolute Gasteiger partial charge is 0.193 e. The molecule has 0 amide bonds. The molecule has 0 atom stereocenters. The highest BCUT2D eigenvalue weighted by atomic mass is 127. The van der Waals surface area contributed by atoms with Crippen LogP contribution in [-0.4, -0.2) is 43.1 Å². The first-order valence-electron chi connectivity index (χ1n) is 9.02. The fourth-order valence-electron chi connectivity index (χ4n) is 2.52. The van der Waals surface area contributed by atoms with Gasteiger partial charge in [0.2, 0.25) is 0 Å². The summed E-state index contributed by atoms with van der Waals surface area (Å²) in [6, 6.07) is 8.34. The van der Waals surface area contributed by atoms with Crippen LogP contribution in [0.15, 0.2) is 34.6 Å². The Morgan fingerprint density at radius 1 is 1.30 bits per heavy atom. The van der Waals surface area contributed by atoms with E-state index in [9.17, 15) is 0 Å². The van der Waals surface area contributed by atoms with Gasteiger partial charge in [0.05, 0.1) is 23.9 Å². The summed E-state index contributed by atoms with van der Waals surface area (Å²) >= 11 is 1.68. The molecule has 0 aliphatic heterocycles. The summed E-state index contributed by atoms with van der Waals surface area (Å²) in [7, 11) is 3.84. The van der Waals surface area contributed by atoms with E-state index in [0.29, 0.717) is 5.92 Å². The molecule has 150 valence electrons. The number of benzene rings is 1. The van der Waals surface area contributed by atoms with Crippen molar-refractivity contribution in [2.24, 2.45) is 10.9 Å². The van der Waals surface area contributed by atoms with Crippen molar-refractivity contribution < 1.29 is 4.74 Å². The Hall–Kier alpha value is -1.35. The van der Waals surface area contributed by atoms with Crippen LogP contribution in [0.25, 0.3) is 0 Å². The van der Waals surface area contributed by atoms with Crippen molar-refractivity contribution in [3.8, 4) is 5.75 Å². The van der Waals surface area contributed by atoms with E-state index in [1.165, 1.54) is 5.56 Å². The van der Waals surface area contributed by atoms with Gasteiger partial charge in [-0.2, -0.15) is 0 Å². The molecule has 27 heavy (non-hydrogen) atoms. The van der Waals surface area contributed by atoms with Crippen molar-refractivity contribution in [2.45, 2.75) is 33.7 Å². The molecular formula is C20H31IN4OS. The number of nitrogens with one attached hydrogen (secondary N) is 1. The van der Waals surface area contributed by atoms with E-state index >= 15 is 0 Å². The summed E-state index contributed by atoms with van der Waals surface area (Å²) in [4.78, 5) is 11.0. The lowest BCUT2D eigenvalue weighted by Crippen LogP contribution is -2.39. The van der Waals surface area contributed by atoms with Crippen LogP contribution in [-0.2, 0) is 13.0 Å². The van der Waals surface area contributed by atoms with Crippen LogP contribution in [0.5, 0.6) is 5.75 Å². The van der Waals surface area contributed by atoms with Crippen LogP contribution >= 0.6 is 35.3 Å². The van der Waals surface area contributed by atoms with Crippen LogP contribution in [0.1, 0.15) is 30.1 Å². The summed E-state index contributed by atoms with van der Waals surface area (Å²) in [5, 5.41) is 6.61. The van der Waals surface area contributed by atoms with E-state index in [-0.39, 0.29) is 24.0 Å². The second-order valence-electron chi connectivity index (χ2n) is 6.79. The van der Waals surface area contributed by atoms with E-state index in [2.05, 4.69) is 51.6 Å². The Morgan fingerprint density at radius 2 is 2.00 bits per heavy atom. The zero-order valence-electron chi connectivity index (χ0n) is 16.9. The largest absolute Gasteiger partial charge is 0.493 e. The molecule has 0 radical (unpaired) electrons. The van der Waals surface area contributed by atoms with E-state index in [1.54, 1.807) is 11.3 Å². The molecule has 0 saturated heterocycles. The zero-order chi connectivity index (χ0) is 18.9. The van der Waals surface area contributed by atoms with Crippen LogP contribution in [0.2, 0.25) is 0 Å². The number of guanidine groups is 1. The SMILES string of the molecule is CN=C(NCCc1ccc(OCC(C)C)cc1)N(C)Cc1csc(C)n1.I. The quantitative estimate of drug-likeness (QED) is 0.331. The third kappa shape index (κ3) is 8.47. The third-order valence-corrected chi connectivity index (χ3v) is 4.66. The summed E-state index contributed by atoms with van der Waals surface area (Å²) in [5.41, 5.74) is 2.36. The van der Waals surface area contributed by atoms with Crippen LogP contribution in [0.3, 0.4) is 0 Å². The zero-order valence-corrected chi connectivity index (χ0v) is 20.0. The van der Waals surface area contributed by atoms with Gasteiger partial charge in [-0.05, 0) is 37.0 Å². The van der Waals surface area contributed by atoms with Crippen molar-refractivity contribution in [3.05, 3.63) is 45.9 Å². The molecule has 0 aliphatic carbocycles. The predicted octanol–water partition coefficient (Wildman–Crippen LogP) is 4.35. The maximum atomic E-state index is 5.73. The molecule has 7 heteroatoms. The number of aryl methyl sites for hydroxylation is 1. The van der Waals surface area contributed by atoms with Gasteiger partial charge in [0.1, 0.15) is 5.75 Å². The molecule has 2 aromatic rings. The third-order valence-electron chi connectivity index (χ3n) is 3.84. The number of ether oxygens (including phenoxy) is 1. The van der Waals surface area contributed by atoms with Crippen molar-refractivity contribution >= 4 is 41.3 Å². The lowest BCUT2D eigenvalue weighted by Gasteiger charge is -2.21. The number of halogens is 1. The van der Waals surface area contributed by atoms with Gasteiger partial charge in [0.15, 0.2) is 5.96 Å². The van der Waals surface area contributed by atoms with E-state index < -0.39 is 0 Å². The van der Waals surface area contributed by atoms with Gasteiger partial charge < -0.3 is 15.0 Å². The molecular weight excluding hydrogens is 471 g/mol. The van der Waals surface area contributed by atoms with Gasteiger partial charge in [-0.1, -0.05) is 26.0 Å². The molecule has 1 heterocycles. The molecule has 0 unspecified atom stereocenters. The van der Waals surface area contributed by atoms with E-state index in [4.69, 9.17) is 4.74 Å². The summed E-state index contributed by atoms with van der Waals surface area (Å²) in [5.74, 6) is 2.35. The highest BCUT2D eigenvalue weighted by molar-refractivity contribution is 14.0. The Balaban J connectivity index is 0.00000364. The molecule has 1 N–H and O–H groups in total. The molecule has 0 aliphatic rings. The van der Waals surface area contributed by atoms with Crippen molar-refractivity contribution in [1.82, 2.24) is 15.2 Å². The molecule has 0 fully saturated rings. The summed E-state index contributed by atoms with van der Waals surface area (Å²) in [6.45, 7) is 8.67. The normalized spacial score (nSPS) is 11.3. The maximum absolute atomic E-state index is 5.73. The fraction of sp³-hybridized carbons (Fsp3) is 0.500. The number of aromatic nitrogens is 1. The first-order chi connectivity index (χ1) is 12.5. The Bertz CT molecular complexity index is 700. The van der Waals surface area contributed by atoms with Gasteiger partial charge in [0.25, 0.3) is 0 Å². The molecule has 1 aromatic heterocycles. The molecule has 0 spiro atoms. The van der Waals surface area contributed by atoms with E-state index in [0.717, 1.165) is 48.5 Å². The number of aliphatic imine (C=N–C) groups is 1. The topological polar surface area (TPSA) is 49.8 Å². The molecule has 0 bridgehead atoms. The molecule has 2 rings (SSSR count). The number of thiazole rings is 1. The highest BCUT2D eigenvalue weighted by Gasteiger charge is 2.08. The minimum Gasteiger partial charge on any atom is -0.493 e. The minimum absolute atomic E-state index is 0. The van der Waals surface area contributed by atoms with E-state index in [1.807, 2.05) is 33.2 Å². The van der Waals surface area contributed by atoms with Crippen molar-refractivity contribution in [3.63, 3.8) is 0 Å². The van der Waals surface area contributed by atoms with Gasteiger partial charge in [-0.3, -0.25) is 4.99 Å². The molecule has 1 aromatic carbocycles. The number of hydrogen-bond donors (Lipinski definition) is 1. The van der Waals surface area contributed by atoms with Crippen molar-refractivity contribution in [1.29, 1.82) is 0 Å². The number of hydrogen-bond acceptors (Lipinski definition) is 4. The molecule has 5 nitrogen and oxygen atoms in total. The van der Waals surface area contributed by atoms with Crippen molar-refractivity contribution in [2.75, 3.05) is 27.2 Å². The maximum Gasteiger partial charge on any atom is 0.193 e. The average molecular weight is 502 g/mol. The number of rotatable bonds is 8. The van der Waals surface area contributed by atoms with Crippen LogP contribution in [0.4, 0.5) is 0 Å². The van der Waals surface area contributed by atoms with Gasteiger partial charge in [-0.25, -0.2) is 4.98 Å². The Kier molecular flexibility index (Phi) is 10.7. The van der Waals surface area contributed by atoms with Gasteiger partial charge in [-0.15, -0.1) is 35.3 Å². The predicted molar refractivity (Wildman–Crippen MR) is 126 cm³/mol. The molecule has 0 saturated carbocycles. The van der Waals surface area contributed by atoms with Crippen LogP contribution < -0.4 is 10.1 Å². The van der Waals surface area contributed by atoms with Gasteiger partial charge in [0, 0.05) is 26.0 Å². The Labute approximate surface area is 184 Å². The monoisotopic (exact) mass is 502 g/mol. The highest BCUT2D eigenvalue weighted by Crippen LogP contribution is 2.13. The number of nitrogens with zero attached hydrogens (tertiary/aromatic N) is 3. The second kappa shape index (κ2) is 12.2.